The van der Waals surface area contributed by atoms with E-state index in [9.17, 15) is 0 Å². The summed E-state index contributed by atoms with van der Waals surface area (Å²) in [6.45, 7) is 7.48. The molecule has 0 bridgehead atoms. The van der Waals surface area contributed by atoms with Gasteiger partial charge in [-0.1, -0.05) is 11.6 Å². The van der Waals surface area contributed by atoms with Crippen LogP contribution >= 0.6 is 0 Å². The van der Waals surface area contributed by atoms with Crippen LogP contribution in [0.4, 0.5) is 0 Å². The Morgan fingerprint density at radius 3 is 2.74 bits per heavy atom. The van der Waals surface area contributed by atoms with Crippen molar-refractivity contribution < 1.29 is 14.2 Å². The van der Waals surface area contributed by atoms with Crippen LogP contribution in [-0.2, 0) is 14.2 Å². The molecule has 0 aromatic rings. The molecular formula is C16H26O3. The van der Waals surface area contributed by atoms with Crippen LogP contribution in [0.1, 0.15) is 46.5 Å². The average Bonchev–Trinajstić information content (AvgIpc) is 3.27. The fourth-order valence-electron chi connectivity index (χ4n) is 3.79. The van der Waals surface area contributed by atoms with Crippen LogP contribution in [0.15, 0.2) is 11.6 Å². The van der Waals surface area contributed by atoms with E-state index >= 15 is 0 Å². The summed E-state index contributed by atoms with van der Waals surface area (Å²) in [5.41, 5.74) is 1.48. The van der Waals surface area contributed by atoms with Crippen LogP contribution in [-0.4, -0.2) is 37.1 Å². The summed E-state index contributed by atoms with van der Waals surface area (Å²) in [6, 6.07) is 0. The molecule has 5 atom stereocenters. The van der Waals surface area contributed by atoms with Gasteiger partial charge < -0.3 is 14.2 Å². The van der Waals surface area contributed by atoms with Crippen LogP contribution in [0.5, 0.6) is 0 Å². The molecule has 1 spiro atoms. The standard InChI is InChI=1S/C16H26O3/c1-11(2)5-6-14-15(3,19-14)13-9-12(17-4)7-8-16(13)10-18-16/h5,12-14H,6-10H2,1-4H3/t12-,13?,14?,15+,16+/m1/s1. The van der Waals surface area contributed by atoms with E-state index in [2.05, 4.69) is 26.8 Å². The summed E-state index contributed by atoms with van der Waals surface area (Å²) in [4.78, 5) is 0. The first-order chi connectivity index (χ1) is 9.00. The van der Waals surface area contributed by atoms with Gasteiger partial charge in [0, 0.05) is 13.0 Å². The highest BCUT2D eigenvalue weighted by Crippen LogP contribution is 2.58. The second-order valence-corrected chi connectivity index (χ2v) is 6.85. The quantitative estimate of drug-likeness (QED) is 0.579. The minimum atomic E-state index is -0.000347. The third-order valence-electron chi connectivity index (χ3n) is 5.28. The van der Waals surface area contributed by atoms with Gasteiger partial charge in [-0.15, -0.1) is 0 Å². The molecule has 3 nitrogen and oxygen atoms in total. The van der Waals surface area contributed by atoms with Gasteiger partial charge in [0.25, 0.3) is 0 Å². The fourth-order valence-corrected chi connectivity index (χ4v) is 3.79. The van der Waals surface area contributed by atoms with E-state index in [1.807, 2.05) is 7.11 Å². The first-order valence-electron chi connectivity index (χ1n) is 7.48. The summed E-state index contributed by atoms with van der Waals surface area (Å²) < 4.78 is 17.5. The molecule has 2 unspecified atom stereocenters. The smallest absolute Gasteiger partial charge is 0.0980 e. The maximum atomic E-state index is 6.08. The van der Waals surface area contributed by atoms with E-state index in [1.54, 1.807) is 0 Å². The molecule has 3 fully saturated rings. The molecule has 2 heterocycles. The molecule has 1 aliphatic carbocycles. The molecule has 3 aliphatic rings. The van der Waals surface area contributed by atoms with Crippen molar-refractivity contribution in [2.75, 3.05) is 13.7 Å². The predicted molar refractivity (Wildman–Crippen MR) is 74.1 cm³/mol. The van der Waals surface area contributed by atoms with E-state index in [0.717, 1.165) is 32.3 Å². The molecule has 2 saturated heterocycles. The largest absolute Gasteiger partial charge is 0.381 e. The van der Waals surface area contributed by atoms with Gasteiger partial charge in [-0.2, -0.15) is 0 Å². The Hall–Kier alpha value is -0.380. The molecule has 3 rings (SSSR count). The van der Waals surface area contributed by atoms with Gasteiger partial charge in [-0.3, -0.25) is 0 Å². The van der Waals surface area contributed by atoms with E-state index in [1.165, 1.54) is 5.57 Å². The Balaban J connectivity index is 1.68. The van der Waals surface area contributed by atoms with Crippen LogP contribution in [0, 0.1) is 5.92 Å². The van der Waals surface area contributed by atoms with Crippen molar-refractivity contribution >= 4 is 0 Å². The third kappa shape index (κ3) is 2.37. The van der Waals surface area contributed by atoms with Crippen LogP contribution in [0.3, 0.4) is 0 Å². The number of epoxide rings is 2. The van der Waals surface area contributed by atoms with Crippen molar-refractivity contribution in [2.24, 2.45) is 5.92 Å². The third-order valence-corrected chi connectivity index (χ3v) is 5.28. The molecule has 108 valence electrons. The van der Waals surface area contributed by atoms with Crippen molar-refractivity contribution in [1.29, 1.82) is 0 Å². The van der Waals surface area contributed by atoms with Gasteiger partial charge in [-0.05, 0) is 46.5 Å². The summed E-state index contributed by atoms with van der Waals surface area (Å²) in [7, 11) is 1.82. The molecule has 2 aliphatic heterocycles. The Morgan fingerprint density at radius 1 is 1.42 bits per heavy atom. The monoisotopic (exact) mass is 266 g/mol. The normalized spacial score (nSPS) is 48.1. The van der Waals surface area contributed by atoms with Crippen LogP contribution < -0.4 is 0 Å². The van der Waals surface area contributed by atoms with E-state index in [0.29, 0.717) is 18.1 Å². The zero-order chi connectivity index (χ0) is 13.7. The topological polar surface area (TPSA) is 34.3 Å². The minimum absolute atomic E-state index is 0.000347. The molecule has 0 aromatic carbocycles. The molecule has 1 saturated carbocycles. The highest BCUT2D eigenvalue weighted by atomic mass is 16.6. The number of rotatable bonds is 4. The summed E-state index contributed by atoms with van der Waals surface area (Å²) in [6.07, 6.45) is 7.40. The van der Waals surface area contributed by atoms with Crippen LogP contribution in [0.25, 0.3) is 0 Å². The van der Waals surface area contributed by atoms with Gasteiger partial charge in [0.2, 0.25) is 0 Å². The van der Waals surface area contributed by atoms with Gasteiger partial charge in [0.05, 0.1) is 30.0 Å². The number of hydrogen-bond donors (Lipinski definition) is 0. The molecule has 0 radical (unpaired) electrons. The van der Waals surface area contributed by atoms with E-state index in [4.69, 9.17) is 14.2 Å². The summed E-state index contributed by atoms with van der Waals surface area (Å²) >= 11 is 0. The first-order valence-corrected chi connectivity index (χ1v) is 7.48. The van der Waals surface area contributed by atoms with E-state index < -0.39 is 0 Å². The number of allylic oxidation sites excluding steroid dienone is 1. The Morgan fingerprint density at radius 2 is 2.16 bits per heavy atom. The first kappa shape index (κ1) is 13.6. The van der Waals surface area contributed by atoms with Gasteiger partial charge >= 0.3 is 0 Å². The molecular weight excluding hydrogens is 240 g/mol. The van der Waals surface area contributed by atoms with Crippen molar-refractivity contribution in [1.82, 2.24) is 0 Å². The lowest BCUT2D eigenvalue weighted by Gasteiger charge is -2.36. The van der Waals surface area contributed by atoms with Gasteiger partial charge in [0.15, 0.2) is 0 Å². The number of methoxy groups -OCH3 is 1. The van der Waals surface area contributed by atoms with Crippen molar-refractivity contribution in [2.45, 2.75) is 69.9 Å². The molecule has 3 heteroatoms. The lowest BCUT2D eigenvalue weighted by molar-refractivity contribution is -0.00877. The predicted octanol–water partition coefficient (Wildman–Crippen LogP) is 3.08. The Labute approximate surface area is 116 Å². The maximum Gasteiger partial charge on any atom is 0.0980 e. The molecule has 0 aromatic heterocycles. The molecule has 0 N–H and O–H groups in total. The zero-order valence-electron chi connectivity index (χ0n) is 12.6. The van der Waals surface area contributed by atoms with E-state index in [-0.39, 0.29) is 11.2 Å². The lowest BCUT2D eigenvalue weighted by Crippen LogP contribution is -2.44. The number of ether oxygens (including phenoxy) is 3. The Kier molecular flexibility index (Phi) is 3.27. The SMILES string of the molecule is CO[C@@H]1CC[C@]2(CO2)C([C@]2(C)OC2CC=C(C)C)C1. The average molecular weight is 266 g/mol. The Bertz CT molecular complexity index is 381. The van der Waals surface area contributed by atoms with Gasteiger partial charge in [0.1, 0.15) is 0 Å². The van der Waals surface area contributed by atoms with Crippen molar-refractivity contribution in [3.63, 3.8) is 0 Å². The molecule has 0 amide bonds. The zero-order valence-corrected chi connectivity index (χ0v) is 12.6. The maximum absolute atomic E-state index is 6.08. The second kappa shape index (κ2) is 4.57. The summed E-state index contributed by atoms with van der Waals surface area (Å²) in [5, 5.41) is 0. The van der Waals surface area contributed by atoms with Crippen molar-refractivity contribution in [3.8, 4) is 0 Å². The fraction of sp³-hybridized carbons (Fsp3) is 0.875. The van der Waals surface area contributed by atoms with Crippen LogP contribution in [0.2, 0.25) is 0 Å². The van der Waals surface area contributed by atoms with Crippen molar-refractivity contribution in [3.05, 3.63) is 11.6 Å². The second-order valence-electron chi connectivity index (χ2n) is 6.85. The number of hydrogen-bond acceptors (Lipinski definition) is 3. The summed E-state index contributed by atoms with van der Waals surface area (Å²) in [5.74, 6) is 0.495. The lowest BCUT2D eigenvalue weighted by atomic mass is 9.70. The molecule has 19 heavy (non-hydrogen) atoms. The highest BCUT2D eigenvalue weighted by molar-refractivity contribution is 5.17. The highest BCUT2D eigenvalue weighted by Gasteiger charge is 2.68. The minimum Gasteiger partial charge on any atom is -0.381 e. The van der Waals surface area contributed by atoms with Gasteiger partial charge in [-0.25, -0.2) is 0 Å².